The van der Waals surface area contributed by atoms with Gasteiger partial charge in [0.05, 0.1) is 4.92 Å². The number of benzene rings is 1. The fourth-order valence-corrected chi connectivity index (χ4v) is 1.02. The Balaban J connectivity index is 2.65. The van der Waals surface area contributed by atoms with Gasteiger partial charge in [-0.3, -0.25) is 10.1 Å². The third-order valence-corrected chi connectivity index (χ3v) is 1.50. The zero-order valence-corrected chi connectivity index (χ0v) is 7.57. The highest BCUT2D eigenvalue weighted by Crippen LogP contribution is 2.10. The lowest BCUT2D eigenvalue weighted by Gasteiger charge is -2.01. The molecule has 0 aliphatic rings. The molecule has 0 saturated carbocycles. The summed E-state index contributed by atoms with van der Waals surface area (Å²) in [5.41, 5.74) is 0.769. The van der Waals surface area contributed by atoms with Crippen molar-refractivity contribution in [1.29, 1.82) is 0 Å². The summed E-state index contributed by atoms with van der Waals surface area (Å²) in [5, 5.41) is 13.0. The predicted molar refractivity (Wildman–Crippen MR) is 54.1 cm³/mol. The molecule has 0 atom stereocenters. The van der Waals surface area contributed by atoms with E-state index in [1.54, 1.807) is 12.1 Å². The van der Waals surface area contributed by atoms with E-state index in [0.29, 0.717) is 0 Å². The van der Waals surface area contributed by atoms with Crippen molar-refractivity contribution in [2.75, 3.05) is 5.32 Å². The average molecular weight is 196 g/mol. The number of nitro groups is 1. The van der Waals surface area contributed by atoms with E-state index in [2.05, 4.69) is 17.9 Å². The van der Waals surface area contributed by atoms with Gasteiger partial charge in [-0.1, -0.05) is 18.2 Å². The van der Waals surface area contributed by atoms with Gasteiger partial charge < -0.3 is 5.32 Å². The van der Waals surface area contributed by atoms with Crippen LogP contribution in [0.1, 0.15) is 0 Å². The Labute approximate surface area is 80.8 Å². The molecule has 0 heterocycles. The first-order valence-corrected chi connectivity index (χ1v) is 3.99. The van der Waals surface area contributed by atoms with E-state index in [0.717, 1.165) is 11.9 Å². The molecule has 1 aromatic carbocycles. The van der Waals surface area contributed by atoms with Gasteiger partial charge in [-0.2, -0.15) is 0 Å². The number of hydrogen-bond acceptors (Lipinski definition) is 4. The van der Waals surface area contributed by atoms with Gasteiger partial charge in [0, 0.05) is 5.69 Å². The van der Waals surface area contributed by atoms with Crippen molar-refractivity contribution in [2.24, 2.45) is 0 Å². The smallest absolute Gasteiger partial charge is 0.264 e. The van der Waals surface area contributed by atoms with Crippen LogP contribution in [-0.2, 0) is 0 Å². The summed E-state index contributed by atoms with van der Waals surface area (Å²) in [5.74, 6) is 0. The highest BCUT2D eigenvalue weighted by Gasteiger charge is 1.96. The summed E-state index contributed by atoms with van der Waals surface area (Å²) < 4.78 is 0. The molecule has 0 spiro atoms. The third kappa shape index (κ3) is 3.62. The van der Waals surface area contributed by atoms with Crippen LogP contribution >= 0.6 is 12.6 Å². The molecule has 0 unspecified atom stereocenters. The summed E-state index contributed by atoms with van der Waals surface area (Å²) in [6.45, 7) is 0. The first-order chi connectivity index (χ1) is 6.18. The maximum Gasteiger partial charge on any atom is 0.264 e. The lowest BCUT2D eigenvalue weighted by Crippen LogP contribution is -1.96. The topological polar surface area (TPSA) is 55.2 Å². The van der Waals surface area contributed by atoms with E-state index >= 15 is 0 Å². The van der Waals surface area contributed by atoms with Crippen molar-refractivity contribution in [3.05, 3.63) is 51.7 Å². The summed E-state index contributed by atoms with van der Waals surface area (Å²) in [6.07, 6.45) is 0.802. The monoisotopic (exact) mass is 196 g/mol. The minimum Gasteiger partial charge on any atom is -0.345 e. The fraction of sp³-hybridized carbons (Fsp3) is 0. The van der Waals surface area contributed by atoms with Crippen LogP contribution in [0.5, 0.6) is 0 Å². The number of nitrogens with zero attached hydrogens (tertiary/aromatic N) is 1. The summed E-state index contributed by atoms with van der Waals surface area (Å²) in [4.78, 5) is 9.48. The minimum absolute atomic E-state index is 0.205. The Morgan fingerprint density at radius 1 is 1.46 bits per heavy atom. The van der Waals surface area contributed by atoms with Gasteiger partial charge in [-0.05, 0) is 12.1 Å². The van der Waals surface area contributed by atoms with Crippen molar-refractivity contribution in [3.8, 4) is 0 Å². The Morgan fingerprint density at radius 3 is 2.62 bits per heavy atom. The van der Waals surface area contributed by atoms with Crippen LogP contribution in [0, 0.1) is 10.1 Å². The van der Waals surface area contributed by atoms with Gasteiger partial charge in [-0.15, -0.1) is 12.6 Å². The Hall–Kier alpha value is -1.49. The average Bonchev–Trinajstić information content (AvgIpc) is 2.04. The molecule has 4 nitrogen and oxygen atoms in total. The molecule has 0 aliphatic carbocycles. The van der Waals surface area contributed by atoms with Crippen molar-refractivity contribution in [3.63, 3.8) is 0 Å². The van der Waals surface area contributed by atoms with Crippen molar-refractivity contribution < 1.29 is 4.92 Å². The lowest BCUT2D eigenvalue weighted by atomic mass is 10.3. The van der Waals surface area contributed by atoms with Crippen molar-refractivity contribution in [2.45, 2.75) is 0 Å². The lowest BCUT2D eigenvalue weighted by molar-refractivity contribution is -0.402. The van der Waals surface area contributed by atoms with Crippen LogP contribution in [0.2, 0.25) is 0 Å². The Kier molecular flexibility index (Phi) is 3.33. The Bertz CT molecular complexity index is 324. The van der Waals surface area contributed by atoms with E-state index in [1.807, 2.05) is 18.2 Å². The van der Waals surface area contributed by atoms with Crippen LogP contribution in [0.3, 0.4) is 0 Å². The van der Waals surface area contributed by atoms with Gasteiger partial charge in [0.2, 0.25) is 0 Å². The van der Waals surface area contributed by atoms with Crippen LogP contribution in [0.4, 0.5) is 5.69 Å². The number of hydrogen-bond donors (Lipinski definition) is 2. The highest BCUT2D eigenvalue weighted by atomic mass is 32.1. The molecule has 0 fully saturated rings. The van der Waals surface area contributed by atoms with Gasteiger partial charge in [0.15, 0.2) is 0 Å². The molecule has 5 heteroatoms. The molecule has 0 amide bonds. The second kappa shape index (κ2) is 4.51. The van der Waals surface area contributed by atoms with E-state index in [4.69, 9.17) is 0 Å². The summed E-state index contributed by atoms with van der Waals surface area (Å²) >= 11 is 3.89. The van der Waals surface area contributed by atoms with Crippen molar-refractivity contribution in [1.82, 2.24) is 0 Å². The van der Waals surface area contributed by atoms with Crippen LogP contribution < -0.4 is 5.32 Å². The van der Waals surface area contributed by atoms with Gasteiger partial charge >= 0.3 is 0 Å². The van der Waals surface area contributed by atoms with Crippen LogP contribution in [-0.4, -0.2) is 4.92 Å². The number of rotatable bonds is 3. The van der Waals surface area contributed by atoms with Crippen LogP contribution in [0.15, 0.2) is 41.6 Å². The fourth-order valence-electron chi connectivity index (χ4n) is 0.801. The number of anilines is 1. The third-order valence-electron chi connectivity index (χ3n) is 1.27. The normalized spacial score (nSPS) is 11.0. The maximum atomic E-state index is 10.0. The standard InChI is InChI=1S/C8H8N2O2S/c11-10(12)6-8(13)9-7-4-2-1-3-5-7/h1-6,9,13H. The first-order valence-electron chi connectivity index (χ1n) is 3.55. The molecule has 0 bridgehead atoms. The maximum absolute atomic E-state index is 10.0. The van der Waals surface area contributed by atoms with Crippen LogP contribution in [0.25, 0.3) is 0 Å². The molecule has 13 heavy (non-hydrogen) atoms. The first kappa shape index (κ1) is 9.60. The Morgan fingerprint density at radius 2 is 2.08 bits per heavy atom. The van der Waals surface area contributed by atoms with E-state index in [9.17, 15) is 10.1 Å². The molecule has 1 rings (SSSR count). The minimum atomic E-state index is -0.557. The van der Waals surface area contributed by atoms with E-state index in [-0.39, 0.29) is 5.03 Å². The predicted octanol–water partition coefficient (Wildman–Crippen LogP) is 2.10. The molecular weight excluding hydrogens is 188 g/mol. The van der Waals surface area contributed by atoms with E-state index in [1.165, 1.54) is 0 Å². The van der Waals surface area contributed by atoms with E-state index < -0.39 is 4.92 Å². The van der Waals surface area contributed by atoms with Crippen molar-refractivity contribution >= 4 is 18.3 Å². The molecular formula is C8H8N2O2S. The molecule has 68 valence electrons. The second-order valence-electron chi connectivity index (χ2n) is 2.29. The van der Waals surface area contributed by atoms with Gasteiger partial charge in [-0.25, -0.2) is 0 Å². The quantitative estimate of drug-likeness (QED) is 0.442. The number of para-hydroxylation sites is 1. The van der Waals surface area contributed by atoms with Gasteiger partial charge in [0.25, 0.3) is 6.20 Å². The SMILES string of the molecule is O=[N+]([O-])C=C(S)Nc1ccccc1. The number of nitrogens with one attached hydrogen (secondary N) is 1. The highest BCUT2D eigenvalue weighted by molar-refractivity contribution is 7.84. The molecule has 1 aromatic rings. The molecule has 0 aromatic heterocycles. The summed E-state index contributed by atoms with van der Waals surface area (Å²) in [7, 11) is 0. The molecule has 0 saturated heterocycles. The largest absolute Gasteiger partial charge is 0.345 e. The second-order valence-corrected chi connectivity index (χ2v) is 2.77. The zero-order chi connectivity index (χ0) is 9.68. The van der Waals surface area contributed by atoms with Gasteiger partial charge in [0.1, 0.15) is 5.03 Å². The molecule has 0 aliphatic heterocycles. The molecule has 0 radical (unpaired) electrons. The zero-order valence-electron chi connectivity index (χ0n) is 6.68. The number of thiol groups is 1. The summed E-state index contributed by atoms with van der Waals surface area (Å²) in [6, 6.07) is 9.11. The molecule has 1 N–H and O–H groups in total.